The first-order chi connectivity index (χ1) is 5.16. The predicted molar refractivity (Wildman–Crippen MR) is 46.7 cm³/mol. The van der Waals surface area contributed by atoms with Crippen LogP contribution in [0.4, 0.5) is 5.69 Å². The lowest BCUT2D eigenvalue weighted by molar-refractivity contribution is 0.112. The lowest BCUT2D eigenvalue weighted by atomic mass is 10.2. The van der Waals surface area contributed by atoms with E-state index in [0.717, 1.165) is 0 Å². The first kappa shape index (κ1) is 8.49. The SMILES string of the molecule is Nc1c(Cl)ncc(Br)c1C=O. The molecule has 0 radical (unpaired) electrons. The number of pyridine rings is 1. The number of hydrogen-bond acceptors (Lipinski definition) is 3. The van der Waals surface area contributed by atoms with Crippen LogP contribution in [0.2, 0.25) is 5.15 Å². The lowest BCUT2D eigenvalue weighted by Gasteiger charge is -2.01. The van der Waals surface area contributed by atoms with Gasteiger partial charge in [0.25, 0.3) is 0 Å². The number of nitrogens with zero attached hydrogens (tertiary/aromatic N) is 1. The number of carbonyl (C=O) groups excluding carboxylic acids is 1. The smallest absolute Gasteiger partial charge is 0.153 e. The number of aromatic nitrogens is 1. The molecule has 5 heteroatoms. The van der Waals surface area contributed by atoms with Crippen LogP contribution >= 0.6 is 27.5 Å². The summed E-state index contributed by atoms with van der Waals surface area (Å²) in [6.45, 7) is 0. The van der Waals surface area contributed by atoms with Crippen molar-refractivity contribution in [1.29, 1.82) is 0 Å². The van der Waals surface area contributed by atoms with Gasteiger partial charge in [0.15, 0.2) is 11.4 Å². The van der Waals surface area contributed by atoms with E-state index in [0.29, 0.717) is 16.3 Å². The molecule has 0 unspecified atom stereocenters. The molecule has 0 fully saturated rings. The summed E-state index contributed by atoms with van der Waals surface area (Å²) in [6.07, 6.45) is 2.06. The highest BCUT2D eigenvalue weighted by Crippen LogP contribution is 2.25. The molecular formula is C6H4BrClN2O. The van der Waals surface area contributed by atoms with E-state index in [-0.39, 0.29) is 10.8 Å². The first-order valence-electron chi connectivity index (χ1n) is 2.71. The fraction of sp³-hybridized carbons (Fsp3) is 0. The molecule has 0 amide bonds. The Morgan fingerprint density at radius 1 is 1.73 bits per heavy atom. The van der Waals surface area contributed by atoms with E-state index in [4.69, 9.17) is 17.3 Å². The van der Waals surface area contributed by atoms with Crippen LogP contribution in [-0.4, -0.2) is 11.3 Å². The van der Waals surface area contributed by atoms with Gasteiger partial charge in [-0.25, -0.2) is 4.98 Å². The summed E-state index contributed by atoms with van der Waals surface area (Å²) >= 11 is 8.66. The van der Waals surface area contributed by atoms with Crippen LogP contribution in [-0.2, 0) is 0 Å². The van der Waals surface area contributed by atoms with Gasteiger partial charge in [0.1, 0.15) is 0 Å². The molecule has 0 saturated heterocycles. The molecule has 58 valence electrons. The summed E-state index contributed by atoms with van der Waals surface area (Å²) in [5.74, 6) is 0. The monoisotopic (exact) mass is 234 g/mol. The van der Waals surface area contributed by atoms with E-state index in [1.54, 1.807) is 0 Å². The average molecular weight is 235 g/mol. The van der Waals surface area contributed by atoms with E-state index in [1.807, 2.05) is 0 Å². The van der Waals surface area contributed by atoms with Crippen molar-refractivity contribution in [2.24, 2.45) is 0 Å². The highest BCUT2D eigenvalue weighted by atomic mass is 79.9. The summed E-state index contributed by atoms with van der Waals surface area (Å²) in [5, 5.41) is 0.148. The Kier molecular flexibility index (Phi) is 2.46. The molecular weight excluding hydrogens is 231 g/mol. The van der Waals surface area contributed by atoms with Crippen LogP contribution in [0.15, 0.2) is 10.7 Å². The number of rotatable bonds is 1. The molecule has 3 nitrogen and oxygen atoms in total. The Morgan fingerprint density at radius 3 is 2.82 bits per heavy atom. The Morgan fingerprint density at radius 2 is 2.36 bits per heavy atom. The van der Waals surface area contributed by atoms with Crippen LogP contribution in [0, 0.1) is 0 Å². The van der Waals surface area contributed by atoms with Crippen LogP contribution in [0.5, 0.6) is 0 Å². The standard InChI is InChI=1S/C6H4BrClN2O/c7-4-1-10-6(8)5(9)3(4)2-11/h1-2H,9H2. The molecule has 1 aromatic heterocycles. The molecule has 1 heterocycles. The third-order valence-electron chi connectivity index (χ3n) is 1.18. The largest absolute Gasteiger partial charge is 0.396 e. The minimum absolute atomic E-state index is 0.148. The fourth-order valence-corrected chi connectivity index (χ4v) is 1.17. The molecule has 1 aromatic rings. The van der Waals surface area contributed by atoms with Crippen molar-refractivity contribution in [3.05, 3.63) is 21.4 Å². The fourth-order valence-electron chi connectivity index (χ4n) is 0.612. The van der Waals surface area contributed by atoms with Gasteiger partial charge in [-0.05, 0) is 15.9 Å². The molecule has 0 atom stereocenters. The quantitative estimate of drug-likeness (QED) is 0.597. The topological polar surface area (TPSA) is 56.0 Å². The van der Waals surface area contributed by atoms with Gasteiger partial charge < -0.3 is 5.73 Å². The van der Waals surface area contributed by atoms with Crippen molar-refractivity contribution in [1.82, 2.24) is 4.98 Å². The van der Waals surface area contributed by atoms with E-state index >= 15 is 0 Å². The zero-order chi connectivity index (χ0) is 8.43. The number of nitrogen functional groups attached to an aromatic ring is 1. The van der Waals surface area contributed by atoms with Crippen molar-refractivity contribution in [3.8, 4) is 0 Å². The molecule has 0 saturated carbocycles. The molecule has 0 aromatic carbocycles. The first-order valence-corrected chi connectivity index (χ1v) is 3.88. The molecule has 0 bridgehead atoms. The van der Waals surface area contributed by atoms with E-state index in [1.165, 1.54) is 6.20 Å². The molecule has 0 spiro atoms. The van der Waals surface area contributed by atoms with Crippen molar-refractivity contribution in [2.75, 3.05) is 5.73 Å². The minimum atomic E-state index is 0.148. The second-order valence-corrected chi connectivity index (χ2v) is 3.05. The normalized spacial score (nSPS) is 9.64. The maximum Gasteiger partial charge on any atom is 0.153 e. The minimum Gasteiger partial charge on any atom is -0.396 e. The lowest BCUT2D eigenvalue weighted by Crippen LogP contribution is -1.96. The summed E-state index contributed by atoms with van der Waals surface area (Å²) in [4.78, 5) is 14.1. The highest BCUT2D eigenvalue weighted by molar-refractivity contribution is 9.10. The van der Waals surface area contributed by atoms with Crippen molar-refractivity contribution >= 4 is 39.5 Å². The Balaban J connectivity index is 3.40. The molecule has 0 aliphatic rings. The van der Waals surface area contributed by atoms with Crippen molar-refractivity contribution in [2.45, 2.75) is 0 Å². The number of carbonyl (C=O) groups is 1. The second-order valence-electron chi connectivity index (χ2n) is 1.84. The average Bonchev–Trinajstić information content (AvgIpc) is 1.99. The molecule has 11 heavy (non-hydrogen) atoms. The van der Waals surface area contributed by atoms with Crippen molar-refractivity contribution in [3.63, 3.8) is 0 Å². The van der Waals surface area contributed by atoms with E-state index in [2.05, 4.69) is 20.9 Å². The van der Waals surface area contributed by atoms with Gasteiger partial charge in [-0.1, -0.05) is 11.6 Å². The Labute approximate surface area is 76.7 Å². The molecule has 0 aliphatic heterocycles. The van der Waals surface area contributed by atoms with Gasteiger partial charge in [0, 0.05) is 10.7 Å². The number of halogens is 2. The maximum absolute atomic E-state index is 10.4. The molecule has 0 aliphatic carbocycles. The third kappa shape index (κ3) is 1.52. The Hall–Kier alpha value is -0.610. The van der Waals surface area contributed by atoms with Crippen LogP contribution in [0.25, 0.3) is 0 Å². The third-order valence-corrected chi connectivity index (χ3v) is 2.11. The van der Waals surface area contributed by atoms with E-state index < -0.39 is 0 Å². The van der Waals surface area contributed by atoms with Crippen LogP contribution < -0.4 is 5.73 Å². The Bertz CT molecular complexity index is 303. The summed E-state index contributed by atoms with van der Waals surface area (Å²) < 4.78 is 0.550. The van der Waals surface area contributed by atoms with Crippen molar-refractivity contribution < 1.29 is 4.79 Å². The predicted octanol–water partition coefficient (Wildman–Crippen LogP) is 1.89. The van der Waals surface area contributed by atoms with Gasteiger partial charge in [-0.2, -0.15) is 0 Å². The number of hydrogen-bond donors (Lipinski definition) is 1. The summed E-state index contributed by atoms with van der Waals surface area (Å²) in [6, 6.07) is 0. The number of anilines is 1. The van der Waals surface area contributed by atoms with Gasteiger partial charge in [0.05, 0.1) is 11.3 Å². The summed E-state index contributed by atoms with van der Waals surface area (Å²) in [5.41, 5.74) is 5.98. The van der Waals surface area contributed by atoms with Gasteiger partial charge in [-0.3, -0.25) is 4.79 Å². The van der Waals surface area contributed by atoms with E-state index in [9.17, 15) is 4.79 Å². The number of aldehydes is 1. The van der Waals surface area contributed by atoms with Gasteiger partial charge in [0.2, 0.25) is 0 Å². The maximum atomic E-state index is 10.4. The second kappa shape index (κ2) is 3.19. The summed E-state index contributed by atoms with van der Waals surface area (Å²) in [7, 11) is 0. The van der Waals surface area contributed by atoms with Gasteiger partial charge in [-0.15, -0.1) is 0 Å². The van der Waals surface area contributed by atoms with Gasteiger partial charge >= 0.3 is 0 Å². The zero-order valence-electron chi connectivity index (χ0n) is 5.34. The molecule has 1 rings (SSSR count). The van der Waals surface area contributed by atoms with Crippen LogP contribution in [0.1, 0.15) is 10.4 Å². The van der Waals surface area contributed by atoms with Crippen LogP contribution in [0.3, 0.4) is 0 Å². The molecule has 2 N–H and O–H groups in total. The highest BCUT2D eigenvalue weighted by Gasteiger charge is 2.07. The zero-order valence-corrected chi connectivity index (χ0v) is 7.69. The number of nitrogens with two attached hydrogens (primary N) is 1.